The lowest BCUT2D eigenvalue weighted by molar-refractivity contribution is -0.274. The fourth-order valence-corrected chi connectivity index (χ4v) is 1.68. The van der Waals surface area contributed by atoms with E-state index in [0.717, 1.165) is 16.8 Å². The maximum absolute atomic E-state index is 12.0. The minimum absolute atomic E-state index is 0.249. The van der Waals surface area contributed by atoms with E-state index in [2.05, 4.69) is 9.72 Å². The first-order valence-electron chi connectivity index (χ1n) is 5.35. The van der Waals surface area contributed by atoms with Crippen LogP contribution in [0.5, 0.6) is 5.75 Å². The Morgan fingerprint density at radius 1 is 1.00 bits per heavy atom. The number of pyridine rings is 1. The van der Waals surface area contributed by atoms with Crippen molar-refractivity contribution in [2.75, 3.05) is 0 Å². The maximum Gasteiger partial charge on any atom is 0.573 e. The number of halogens is 4. The second-order valence-corrected chi connectivity index (χ2v) is 4.01. The fourth-order valence-electron chi connectivity index (χ4n) is 1.52. The van der Waals surface area contributed by atoms with Crippen LogP contribution in [0.25, 0.3) is 11.1 Å². The number of nitrogens with zero attached hydrogens (tertiary/aromatic N) is 1. The van der Waals surface area contributed by atoms with Crippen molar-refractivity contribution in [3.63, 3.8) is 0 Å². The zero-order valence-corrected chi connectivity index (χ0v) is 10.4. The van der Waals surface area contributed by atoms with Crippen molar-refractivity contribution in [1.29, 1.82) is 0 Å². The Morgan fingerprint density at radius 2 is 1.63 bits per heavy atom. The number of aromatic nitrogens is 1. The Labute approximate surface area is 112 Å². The van der Waals surface area contributed by atoms with Gasteiger partial charge < -0.3 is 4.74 Å². The molecule has 2 aromatic rings. The van der Waals surface area contributed by atoms with E-state index in [4.69, 9.17) is 11.6 Å². The molecular formula is C13H9ClF3NO. The molecule has 0 aliphatic carbocycles. The Balaban J connectivity index is 2.17. The van der Waals surface area contributed by atoms with Crippen LogP contribution in [0.2, 0.25) is 0 Å². The molecule has 1 aromatic heterocycles. The van der Waals surface area contributed by atoms with E-state index in [1.165, 1.54) is 12.1 Å². The van der Waals surface area contributed by atoms with Crippen LogP contribution in [0.15, 0.2) is 42.6 Å². The highest BCUT2D eigenvalue weighted by atomic mass is 35.5. The molecule has 0 unspecified atom stereocenters. The highest BCUT2D eigenvalue weighted by Crippen LogP contribution is 2.26. The average Bonchev–Trinajstić information content (AvgIpc) is 2.38. The second kappa shape index (κ2) is 5.48. The predicted molar refractivity (Wildman–Crippen MR) is 65.9 cm³/mol. The normalized spacial score (nSPS) is 11.4. The molecule has 0 N–H and O–H groups in total. The number of alkyl halides is 4. The monoisotopic (exact) mass is 287 g/mol. The number of rotatable bonds is 3. The second-order valence-electron chi connectivity index (χ2n) is 3.74. The minimum Gasteiger partial charge on any atom is -0.406 e. The molecule has 6 heteroatoms. The molecule has 0 fully saturated rings. The van der Waals surface area contributed by atoms with Crippen molar-refractivity contribution < 1.29 is 17.9 Å². The summed E-state index contributed by atoms with van der Waals surface area (Å²) in [5, 5.41) is 0. The van der Waals surface area contributed by atoms with E-state index in [1.807, 2.05) is 6.07 Å². The summed E-state index contributed by atoms with van der Waals surface area (Å²) in [4.78, 5) is 4.11. The zero-order chi connectivity index (χ0) is 13.9. The van der Waals surface area contributed by atoms with Crippen LogP contribution in [0.1, 0.15) is 5.69 Å². The smallest absolute Gasteiger partial charge is 0.406 e. The highest BCUT2D eigenvalue weighted by Gasteiger charge is 2.30. The lowest BCUT2D eigenvalue weighted by atomic mass is 10.1. The molecule has 1 aromatic carbocycles. The summed E-state index contributed by atoms with van der Waals surface area (Å²) < 4.78 is 39.8. The number of benzene rings is 1. The van der Waals surface area contributed by atoms with Gasteiger partial charge in [0.2, 0.25) is 0 Å². The van der Waals surface area contributed by atoms with Gasteiger partial charge in [0.25, 0.3) is 0 Å². The van der Waals surface area contributed by atoms with Crippen LogP contribution in [0.3, 0.4) is 0 Å². The van der Waals surface area contributed by atoms with Gasteiger partial charge in [0.15, 0.2) is 0 Å². The first-order valence-corrected chi connectivity index (χ1v) is 5.88. The molecule has 0 amide bonds. The molecule has 0 atom stereocenters. The zero-order valence-electron chi connectivity index (χ0n) is 9.62. The summed E-state index contributed by atoms with van der Waals surface area (Å²) >= 11 is 5.62. The van der Waals surface area contributed by atoms with Crippen LogP contribution in [-0.4, -0.2) is 11.3 Å². The predicted octanol–water partition coefficient (Wildman–Crippen LogP) is 4.39. The van der Waals surface area contributed by atoms with Gasteiger partial charge in [-0.2, -0.15) is 0 Å². The number of hydrogen-bond donors (Lipinski definition) is 0. The third-order valence-electron chi connectivity index (χ3n) is 2.38. The molecule has 0 radical (unpaired) electrons. The van der Waals surface area contributed by atoms with E-state index in [-0.39, 0.29) is 5.75 Å². The Morgan fingerprint density at radius 3 is 2.11 bits per heavy atom. The Kier molecular flexibility index (Phi) is 3.95. The third-order valence-corrected chi connectivity index (χ3v) is 2.66. The quantitative estimate of drug-likeness (QED) is 0.781. The van der Waals surface area contributed by atoms with Crippen LogP contribution >= 0.6 is 11.6 Å². The molecule has 1 heterocycles. The van der Waals surface area contributed by atoms with Crippen molar-refractivity contribution >= 4 is 11.6 Å². The largest absolute Gasteiger partial charge is 0.573 e. The van der Waals surface area contributed by atoms with Gasteiger partial charge >= 0.3 is 6.36 Å². The van der Waals surface area contributed by atoms with Gasteiger partial charge in [0.05, 0.1) is 11.6 Å². The van der Waals surface area contributed by atoms with E-state index in [0.29, 0.717) is 5.88 Å². The van der Waals surface area contributed by atoms with Gasteiger partial charge in [-0.3, -0.25) is 4.98 Å². The molecule has 0 spiro atoms. The summed E-state index contributed by atoms with van der Waals surface area (Å²) in [6.45, 7) is 0. The molecule has 19 heavy (non-hydrogen) atoms. The molecular weight excluding hydrogens is 279 g/mol. The lowest BCUT2D eigenvalue weighted by Gasteiger charge is -2.09. The van der Waals surface area contributed by atoms with Gasteiger partial charge in [0.1, 0.15) is 5.75 Å². The van der Waals surface area contributed by atoms with Crippen molar-refractivity contribution in [1.82, 2.24) is 4.98 Å². The molecule has 0 aliphatic heterocycles. The molecule has 2 nitrogen and oxygen atoms in total. The van der Waals surface area contributed by atoms with E-state index < -0.39 is 6.36 Å². The standard InChI is InChI=1S/C13H9ClF3NO/c14-7-11-4-1-10(8-18-11)9-2-5-12(6-3-9)19-13(15,16)17/h1-6,8H,7H2. The summed E-state index contributed by atoms with van der Waals surface area (Å²) in [6, 6.07) is 9.18. The summed E-state index contributed by atoms with van der Waals surface area (Å²) in [5.74, 6) is 0.0696. The van der Waals surface area contributed by atoms with E-state index in [1.54, 1.807) is 24.4 Å². The molecule has 0 saturated heterocycles. The molecule has 0 bridgehead atoms. The fraction of sp³-hybridized carbons (Fsp3) is 0.154. The molecule has 100 valence electrons. The molecule has 0 saturated carbocycles. The van der Waals surface area contributed by atoms with Crippen molar-refractivity contribution in [3.8, 4) is 16.9 Å². The maximum atomic E-state index is 12.0. The molecule has 2 rings (SSSR count). The highest BCUT2D eigenvalue weighted by molar-refractivity contribution is 6.16. The Hall–Kier alpha value is -1.75. The summed E-state index contributed by atoms with van der Waals surface area (Å²) in [7, 11) is 0. The van der Waals surface area contributed by atoms with Gasteiger partial charge in [0, 0.05) is 11.8 Å². The van der Waals surface area contributed by atoms with Crippen molar-refractivity contribution in [2.45, 2.75) is 12.2 Å². The number of ether oxygens (including phenoxy) is 1. The van der Waals surface area contributed by atoms with Crippen LogP contribution < -0.4 is 4.74 Å². The van der Waals surface area contributed by atoms with Gasteiger partial charge in [-0.25, -0.2) is 0 Å². The van der Waals surface area contributed by atoms with Crippen molar-refractivity contribution in [3.05, 3.63) is 48.3 Å². The van der Waals surface area contributed by atoms with Gasteiger partial charge in [-0.1, -0.05) is 18.2 Å². The topological polar surface area (TPSA) is 22.1 Å². The van der Waals surface area contributed by atoms with Gasteiger partial charge in [-0.15, -0.1) is 24.8 Å². The number of hydrogen-bond acceptors (Lipinski definition) is 2. The SMILES string of the molecule is FC(F)(F)Oc1ccc(-c2ccc(CCl)nc2)cc1. The summed E-state index contributed by atoms with van der Waals surface area (Å²) in [6.07, 6.45) is -3.05. The van der Waals surface area contributed by atoms with Crippen LogP contribution in [-0.2, 0) is 5.88 Å². The lowest BCUT2D eigenvalue weighted by Crippen LogP contribution is -2.16. The van der Waals surface area contributed by atoms with Gasteiger partial charge in [-0.05, 0) is 23.8 Å². The van der Waals surface area contributed by atoms with E-state index >= 15 is 0 Å². The minimum atomic E-state index is -4.68. The van der Waals surface area contributed by atoms with Crippen LogP contribution in [0, 0.1) is 0 Å². The van der Waals surface area contributed by atoms with E-state index in [9.17, 15) is 13.2 Å². The third kappa shape index (κ3) is 3.86. The first-order chi connectivity index (χ1) is 8.98. The summed E-state index contributed by atoms with van der Waals surface area (Å²) in [5.41, 5.74) is 2.29. The first kappa shape index (κ1) is 13.7. The van der Waals surface area contributed by atoms with Crippen LogP contribution in [0.4, 0.5) is 13.2 Å². The Bertz CT molecular complexity index is 537. The molecule has 0 aliphatic rings. The average molecular weight is 288 g/mol. The van der Waals surface area contributed by atoms with Crippen molar-refractivity contribution in [2.24, 2.45) is 0 Å².